The van der Waals surface area contributed by atoms with Gasteiger partial charge in [-0.05, 0) is 16.7 Å². The van der Waals surface area contributed by atoms with Gasteiger partial charge in [-0.2, -0.15) is 0 Å². The summed E-state index contributed by atoms with van der Waals surface area (Å²) in [5.74, 6) is -4.93. The quantitative estimate of drug-likeness (QED) is 0.192. The highest BCUT2D eigenvalue weighted by atomic mass is 16.7. The van der Waals surface area contributed by atoms with Crippen molar-refractivity contribution in [3.8, 4) is 0 Å². The lowest BCUT2D eigenvalue weighted by Gasteiger charge is -2.49. The van der Waals surface area contributed by atoms with Gasteiger partial charge >= 0.3 is 11.9 Å². The van der Waals surface area contributed by atoms with Crippen LogP contribution in [0, 0.1) is 0 Å². The lowest BCUT2D eigenvalue weighted by molar-refractivity contribution is -0.319. The van der Waals surface area contributed by atoms with Crippen molar-refractivity contribution < 1.29 is 52.6 Å². The maximum Gasteiger partial charge on any atom is 0.366 e. The van der Waals surface area contributed by atoms with Gasteiger partial charge in [-0.15, -0.1) is 0 Å². The highest BCUT2D eigenvalue weighted by Gasteiger charge is 2.58. The van der Waals surface area contributed by atoms with E-state index in [1.54, 1.807) is 0 Å². The average Bonchev–Trinajstić information content (AvgIpc) is 3.10. The summed E-state index contributed by atoms with van der Waals surface area (Å²) in [6.45, 7) is 1.01. The van der Waals surface area contributed by atoms with E-state index in [-0.39, 0.29) is 32.8 Å². The van der Waals surface area contributed by atoms with Crippen LogP contribution in [0.5, 0.6) is 0 Å². The Bertz CT molecular complexity index is 1430. The van der Waals surface area contributed by atoms with Gasteiger partial charge in [0.1, 0.15) is 24.9 Å². The minimum absolute atomic E-state index is 0.0360. The van der Waals surface area contributed by atoms with Crippen LogP contribution in [0.25, 0.3) is 0 Å². The van der Waals surface area contributed by atoms with Crippen molar-refractivity contribution in [2.24, 2.45) is 0 Å². The van der Waals surface area contributed by atoms with E-state index in [0.29, 0.717) is 0 Å². The summed E-state index contributed by atoms with van der Waals surface area (Å²) >= 11 is 0. The Morgan fingerprint density at radius 1 is 0.875 bits per heavy atom. The van der Waals surface area contributed by atoms with Crippen molar-refractivity contribution in [1.82, 2.24) is 5.32 Å². The van der Waals surface area contributed by atoms with E-state index < -0.39 is 60.7 Å². The molecule has 258 valence electrons. The average molecular weight is 666 g/mol. The van der Waals surface area contributed by atoms with Gasteiger partial charge in [0.15, 0.2) is 0 Å². The molecule has 6 atom stereocenters. The summed E-state index contributed by atoms with van der Waals surface area (Å²) in [7, 11) is 2.63. The lowest BCUT2D eigenvalue weighted by atomic mass is 9.88. The highest BCUT2D eigenvalue weighted by Crippen LogP contribution is 2.37. The van der Waals surface area contributed by atoms with E-state index in [1.165, 1.54) is 14.0 Å². The molecule has 2 N–H and O–H groups in total. The van der Waals surface area contributed by atoms with Crippen LogP contribution in [-0.2, 0) is 67.4 Å². The summed E-state index contributed by atoms with van der Waals surface area (Å²) in [5, 5.41) is 12.5. The van der Waals surface area contributed by atoms with Crippen LogP contribution in [0.2, 0.25) is 0 Å². The zero-order chi connectivity index (χ0) is 34.4. The molecule has 0 unspecified atom stereocenters. The maximum absolute atomic E-state index is 13.5. The molecule has 1 saturated heterocycles. The molecule has 4 rings (SSSR count). The van der Waals surface area contributed by atoms with E-state index in [1.807, 2.05) is 91.0 Å². The van der Waals surface area contributed by atoms with Crippen LogP contribution in [-0.4, -0.2) is 86.6 Å². The van der Waals surface area contributed by atoms with Gasteiger partial charge in [-0.1, -0.05) is 91.0 Å². The van der Waals surface area contributed by atoms with Gasteiger partial charge in [-0.25, -0.2) is 9.59 Å². The van der Waals surface area contributed by atoms with Crippen molar-refractivity contribution in [2.75, 3.05) is 27.4 Å². The van der Waals surface area contributed by atoms with Gasteiger partial charge in [0.25, 0.3) is 5.79 Å². The molecule has 0 aliphatic carbocycles. The topological polar surface area (TPSA) is 148 Å². The smallest absolute Gasteiger partial charge is 0.366 e. The number of carbonyl (C=O) groups excluding carboxylic acids is 2. The number of rotatable bonds is 18. The molecule has 3 aromatic rings. The van der Waals surface area contributed by atoms with Crippen LogP contribution in [0.3, 0.4) is 0 Å². The number of methoxy groups -OCH3 is 2. The number of carboxylic acid groups (broad SMARTS) is 1. The van der Waals surface area contributed by atoms with Crippen LogP contribution in [0.4, 0.5) is 0 Å². The summed E-state index contributed by atoms with van der Waals surface area (Å²) in [4.78, 5) is 37.8. The summed E-state index contributed by atoms with van der Waals surface area (Å²) in [6.07, 6.45) is -4.24. The van der Waals surface area contributed by atoms with Crippen molar-refractivity contribution >= 4 is 17.8 Å². The number of esters is 1. The first kappa shape index (κ1) is 36.7. The molecule has 0 radical (unpaired) electrons. The van der Waals surface area contributed by atoms with E-state index in [2.05, 4.69) is 5.32 Å². The molecular formula is C36H43NO11. The monoisotopic (exact) mass is 665 g/mol. The molecule has 12 nitrogen and oxygen atoms in total. The number of hydrogen-bond donors (Lipinski definition) is 2. The van der Waals surface area contributed by atoms with Crippen molar-refractivity contribution in [3.05, 3.63) is 108 Å². The first-order chi connectivity index (χ1) is 23.2. The summed E-state index contributed by atoms with van der Waals surface area (Å²) in [6, 6.07) is 27.4. The Labute approximate surface area is 280 Å². The number of benzene rings is 3. The summed E-state index contributed by atoms with van der Waals surface area (Å²) in [5.41, 5.74) is 2.62. The Hall–Kier alpha value is -4.17. The standard InChI is InChI=1S/C36H43NO11/c1-25(38)37-32-29(45-21-27-15-9-5-10-16-27)19-36(35(41)43-3,47-24-31(39)40)48-34(32)33(46-22-28-17-11-6-12-18-28)30(42-2)23-44-20-26-13-7-4-8-14-26/h4-18,29-30,32-34H,19-24H2,1-3H3,(H,37,38)(H,39,40)/t29-,30+,32+,33+,34+,36+/m0/s1. The molecule has 1 amide bonds. The number of aliphatic carboxylic acids is 1. The molecule has 48 heavy (non-hydrogen) atoms. The van der Waals surface area contributed by atoms with Crippen molar-refractivity contribution in [2.45, 2.75) is 69.4 Å². The van der Waals surface area contributed by atoms with Crippen molar-refractivity contribution in [3.63, 3.8) is 0 Å². The zero-order valence-electron chi connectivity index (χ0n) is 27.3. The number of hydrogen-bond acceptors (Lipinski definition) is 10. The van der Waals surface area contributed by atoms with Crippen LogP contribution in [0.15, 0.2) is 91.0 Å². The zero-order valence-corrected chi connectivity index (χ0v) is 27.3. The molecular weight excluding hydrogens is 622 g/mol. The third-order valence-corrected chi connectivity index (χ3v) is 7.82. The number of carboxylic acids is 1. The summed E-state index contributed by atoms with van der Waals surface area (Å²) < 4.78 is 42.1. The first-order valence-corrected chi connectivity index (χ1v) is 15.6. The predicted molar refractivity (Wildman–Crippen MR) is 172 cm³/mol. The molecule has 3 aromatic carbocycles. The SMILES string of the molecule is COC(=O)[C@@]1(OCC(=O)O)C[C@H](OCc2ccccc2)[C@@H](NC(C)=O)[C@H]([C@H](OCc2ccccc2)[C@@H](COCc2ccccc2)OC)O1. The number of nitrogens with one attached hydrogen (secondary N) is 1. The maximum atomic E-state index is 13.5. The molecule has 1 aliphatic heterocycles. The Morgan fingerprint density at radius 3 is 1.96 bits per heavy atom. The minimum Gasteiger partial charge on any atom is -0.480 e. The van der Waals surface area contributed by atoms with Gasteiger partial charge in [0.05, 0.1) is 45.7 Å². The molecule has 1 heterocycles. The van der Waals surface area contributed by atoms with Crippen molar-refractivity contribution in [1.29, 1.82) is 0 Å². The molecule has 0 bridgehead atoms. The van der Waals surface area contributed by atoms with E-state index in [0.717, 1.165) is 23.8 Å². The Kier molecular flexibility index (Phi) is 14.0. The fourth-order valence-corrected chi connectivity index (χ4v) is 5.53. The Morgan fingerprint density at radius 2 is 1.44 bits per heavy atom. The third kappa shape index (κ3) is 10.4. The molecule has 0 saturated carbocycles. The van der Waals surface area contributed by atoms with Crippen LogP contribution >= 0.6 is 0 Å². The molecule has 12 heteroatoms. The highest BCUT2D eigenvalue weighted by molar-refractivity contribution is 5.79. The first-order valence-electron chi connectivity index (χ1n) is 15.6. The normalized spacial score (nSPS) is 21.9. The minimum atomic E-state index is -2.23. The largest absolute Gasteiger partial charge is 0.480 e. The molecule has 1 aliphatic rings. The van der Waals surface area contributed by atoms with Crippen LogP contribution < -0.4 is 5.32 Å². The molecule has 0 spiro atoms. The van der Waals surface area contributed by atoms with Crippen LogP contribution in [0.1, 0.15) is 30.0 Å². The fourth-order valence-electron chi connectivity index (χ4n) is 5.53. The second-order valence-electron chi connectivity index (χ2n) is 11.3. The number of ether oxygens (including phenoxy) is 7. The van der Waals surface area contributed by atoms with E-state index in [4.69, 9.17) is 33.2 Å². The molecule has 0 aromatic heterocycles. The second-order valence-corrected chi connectivity index (χ2v) is 11.3. The lowest BCUT2D eigenvalue weighted by Crippen LogP contribution is -2.69. The molecule has 1 fully saturated rings. The van der Waals surface area contributed by atoms with Gasteiger partial charge in [0.2, 0.25) is 5.91 Å². The van der Waals surface area contributed by atoms with E-state index in [9.17, 15) is 19.5 Å². The van der Waals surface area contributed by atoms with Gasteiger partial charge < -0.3 is 43.6 Å². The van der Waals surface area contributed by atoms with Gasteiger partial charge in [-0.3, -0.25) is 4.79 Å². The third-order valence-electron chi connectivity index (χ3n) is 7.82. The second kappa shape index (κ2) is 18.4. The Balaban J connectivity index is 1.75. The van der Waals surface area contributed by atoms with Gasteiger partial charge in [0, 0.05) is 20.5 Å². The fraction of sp³-hybridized carbons (Fsp3) is 0.417. The number of amides is 1. The predicted octanol–water partition coefficient (Wildman–Crippen LogP) is 3.65. The number of carbonyl (C=O) groups is 3. The van der Waals surface area contributed by atoms with E-state index >= 15 is 0 Å².